The molecule has 9 nitrogen and oxygen atoms in total. The van der Waals surface area contributed by atoms with Crippen molar-refractivity contribution in [2.75, 3.05) is 35.0 Å². The molecule has 0 aliphatic heterocycles. The maximum atomic E-state index is 14.1. The van der Waals surface area contributed by atoms with Crippen molar-refractivity contribution in [1.29, 1.82) is 0 Å². The average Bonchev–Trinajstić information content (AvgIpc) is 3.38. The molecule has 0 bridgehead atoms. The smallest absolute Gasteiger partial charge is 0.252 e. The fraction of sp³-hybridized carbons (Fsp3) is 0.273. The SMILES string of the molecule is CCn1cc(C[C@H](CO)NC(=O)c2cc(-c3cc(OC)c(OC)c(OC)c3)nc3ccc(OC)cc23)c2cc(F)ccc21. The van der Waals surface area contributed by atoms with Crippen molar-refractivity contribution in [2.24, 2.45) is 0 Å². The number of carbonyl (C=O) groups is 1. The van der Waals surface area contributed by atoms with Gasteiger partial charge >= 0.3 is 0 Å². The topological polar surface area (TPSA) is 104 Å². The van der Waals surface area contributed by atoms with Crippen molar-refractivity contribution in [2.45, 2.75) is 25.9 Å². The number of carbonyl (C=O) groups excluding carboxylic acids is 1. The van der Waals surface area contributed by atoms with Crippen LogP contribution < -0.4 is 24.3 Å². The number of nitrogens with zero attached hydrogens (tertiary/aromatic N) is 2. The Morgan fingerprint density at radius 2 is 1.70 bits per heavy atom. The highest BCUT2D eigenvalue weighted by molar-refractivity contribution is 6.07. The molecular formula is C33H34FN3O6. The van der Waals surface area contributed by atoms with Crippen molar-refractivity contribution in [3.8, 4) is 34.3 Å². The Labute approximate surface area is 248 Å². The van der Waals surface area contributed by atoms with Gasteiger partial charge in [-0.05, 0) is 73.5 Å². The quantitative estimate of drug-likeness (QED) is 0.214. The Hall–Kier alpha value is -4.83. The van der Waals surface area contributed by atoms with Gasteiger partial charge in [0, 0.05) is 34.6 Å². The van der Waals surface area contributed by atoms with Crippen LogP contribution >= 0.6 is 0 Å². The molecule has 2 heterocycles. The van der Waals surface area contributed by atoms with Crippen molar-refractivity contribution >= 4 is 27.7 Å². The summed E-state index contributed by atoms with van der Waals surface area (Å²) in [5.41, 5.74) is 3.78. The van der Waals surface area contributed by atoms with Crippen LogP contribution in [0.15, 0.2) is 60.8 Å². The number of ether oxygens (including phenoxy) is 4. The van der Waals surface area contributed by atoms with E-state index in [2.05, 4.69) is 5.32 Å². The Bertz CT molecular complexity index is 1780. The number of benzene rings is 3. The molecule has 0 unspecified atom stereocenters. The molecule has 2 aromatic heterocycles. The van der Waals surface area contributed by atoms with Gasteiger partial charge in [-0.1, -0.05) is 0 Å². The van der Waals surface area contributed by atoms with Crippen LogP contribution in [0.3, 0.4) is 0 Å². The molecule has 2 N–H and O–H groups in total. The van der Waals surface area contributed by atoms with Crippen LogP contribution in [0, 0.1) is 5.82 Å². The van der Waals surface area contributed by atoms with Gasteiger partial charge in [0.05, 0.1) is 57.9 Å². The van der Waals surface area contributed by atoms with Crippen molar-refractivity contribution in [1.82, 2.24) is 14.9 Å². The van der Waals surface area contributed by atoms with Gasteiger partial charge in [0.1, 0.15) is 11.6 Å². The Kier molecular flexibility index (Phi) is 8.68. The van der Waals surface area contributed by atoms with Gasteiger partial charge in [0.25, 0.3) is 5.91 Å². The summed E-state index contributed by atoms with van der Waals surface area (Å²) in [6.07, 6.45) is 2.25. The fourth-order valence-electron chi connectivity index (χ4n) is 5.35. The molecular weight excluding hydrogens is 553 g/mol. The monoisotopic (exact) mass is 587 g/mol. The third-order valence-corrected chi connectivity index (χ3v) is 7.51. The highest BCUT2D eigenvalue weighted by Crippen LogP contribution is 2.41. The van der Waals surface area contributed by atoms with E-state index < -0.39 is 11.9 Å². The number of aromatic nitrogens is 2. The van der Waals surface area contributed by atoms with Crippen LogP contribution in [0.1, 0.15) is 22.8 Å². The molecule has 0 saturated heterocycles. The van der Waals surface area contributed by atoms with Crippen LogP contribution in [0.2, 0.25) is 0 Å². The number of aliphatic hydroxyl groups excluding tert-OH is 1. The first-order valence-electron chi connectivity index (χ1n) is 13.8. The number of fused-ring (bicyclic) bond motifs is 2. The van der Waals surface area contributed by atoms with E-state index >= 15 is 0 Å². The number of amides is 1. The van der Waals surface area contributed by atoms with E-state index in [0.717, 1.165) is 16.5 Å². The van der Waals surface area contributed by atoms with E-state index in [1.807, 2.05) is 17.7 Å². The predicted octanol–water partition coefficient (Wildman–Crippen LogP) is 5.38. The molecule has 224 valence electrons. The zero-order chi connectivity index (χ0) is 30.7. The number of aryl methyl sites for hydroxylation is 1. The van der Waals surface area contributed by atoms with E-state index in [-0.39, 0.29) is 12.4 Å². The molecule has 0 fully saturated rings. The molecule has 0 aliphatic carbocycles. The highest BCUT2D eigenvalue weighted by Gasteiger charge is 2.22. The maximum absolute atomic E-state index is 14.1. The zero-order valence-corrected chi connectivity index (χ0v) is 24.7. The minimum Gasteiger partial charge on any atom is -0.497 e. The van der Waals surface area contributed by atoms with Crippen molar-refractivity contribution in [3.05, 3.63) is 77.7 Å². The summed E-state index contributed by atoms with van der Waals surface area (Å²) >= 11 is 0. The first kappa shape index (κ1) is 29.7. The Morgan fingerprint density at radius 3 is 2.33 bits per heavy atom. The van der Waals surface area contributed by atoms with Crippen molar-refractivity contribution < 1.29 is 33.2 Å². The lowest BCUT2D eigenvalue weighted by Gasteiger charge is -2.18. The van der Waals surface area contributed by atoms with Crippen LogP contribution in [-0.2, 0) is 13.0 Å². The number of nitrogens with one attached hydrogen (secondary N) is 1. The zero-order valence-electron chi connectivity index (χ0n) is 24.7. The number of methoxy groups -OCH3 is 4. The van der Waals surface area contributed by atoms with Gasteiger partial charge in [-0.3, -0.25) is 4.79 Å². The van der Waals surface area contributed by atoms with Crippen LogP contribution in [-0.4, -0.2) is 61.7 Å². The molecule has 0 radical (unpaired) electrons. The molecule has 0 saturated carbocycles. The number of hydrogen-bond donors (Lipinski definition) is 2. The first-order valence-corrected chi connectivity index (χ1v) is 13.8. The number of halogens is 1. The van der Waals surface area contributed by atoms with E-state index in [1.54, 1.807) is 49.6 Å². The van der Waals surface area contributed by atoms with Gasteiger partial charge < -0.3 is 33.9 Å². The number of rotatable bonds is 11. The number of pyridine rings is 1. The lowest BCUT2D eigenvalue weighted by Crippen LogP contribution is -2.39. The lowest BCUT2D eigenvalue weighted by atomic mass is 10.0. The third kappa shape index (κ3) is 5.78. The van der Waals surface area contributed by atoms with Crippen LogP contribution in [0.4, 0.5) is 4.39 Å². The van der Waals surface area contributed by atoms with Gasteiger partial charge in [-0.15, -0.1) is 0 Å². The fourth-order valence-corrected chi connectivity index (χ4v) is 5.35. The summed E-state index contributed by atoms with van der Waals surface area (Å²) in [5, 5.41) is 14.6. The summed E-state index contributed by atoms with van der Waals surface area (Å²) in [5.74, 6) is 1.15. The largest absolute Gasteiger partial charge is 0.497 e. The molecule has 1 amide bonds. The molecule has 1 atom stereocenters. The molecule has 3 aromatic carbocycles. The summed E-state index contributed by atoms with van der Waals surface area (Å²) in [7, 11) is 6.14. The van der Waals surface area contributed by atoms with Gasteiger partial charge in [0.2, 0.25) is 5.75 Å². The number of aliphatic hydroxyl groups is 1. The van der Waals surface area contributed by atoms with E-state index in [9.17, 15) is 14.3 Å². The maximum Gasteiger partial charge on any atom is 0.252 e. The molecule has 5 rings (SSSR count). The first-order chi connectivity index (χ1) is 20.8. The van der Waals surface area contributed by atoms with Crippen molar-refractivity contribution in [3.63, 3.8) is 0 Å². The molecule has 5 aromatic rings. The second-order valence-corrected chi connectivity index (χ2v) is 10.0. The van der Waals surface area contributed by atoms with E-state index in [1.165, 1.54) is 33.5 Å². The van der Waals surface area contributed by atoms with Crippen LogP contribution in [0.25, 0.3) is 33.1 Å². The molecule has 10 heteroatoms. The average molecular weight is 588 g/mol. The minimum atomic E-state index is -0.634. The Morgan fingerprint density at radius 1 is 0.953 bits per heavy atom. The summed E-state index contributed by atoms with van der Waals surface area (Å²) < 4.78 is 38.1. The van der Waals surface area contributed by atoms with E-state index in [4.69, 9.17) is 23.9 Å². The molecule has 0 aliphatic rings. The minimum absolute atomic E-state index is 0.307. The van der Waals surface area contributed by atoms with E-state index in [0.29, 0.717) is 63.7 Å². The lowest BCUT2D eigenvalue weighted by molar-refractivity contribution is 0.0918. The second-order valence-electron chi connectivity index (χ2n) is 10.0. The standard InChI is InChI=1S/C33H34FN3O6/c1-6-37-17-20(24-14-21(34)7-10-29(24)37)11-22(18-38)35-33(39)26-16-28(36-27-9-8-23(40-2)15-25(26)27)19-12-30(41-3)32(43-5)31(13-19)42-4/h7-10,12-17,22,38H,6,11,18H2,1-5H3,(H,35,39)/t22-/m1/s1. The molecule has 43 heavy (non-hydrogen) atoms. The second kappa shape index (κ2) is 12.6. The Balaban J connectivity index is 1.56. The van der Waals surface area contributed by atoms with Gasteiger partial charge in [-0.25, -0.2) is 9.37 Å². The number of hydrogen-bond acceptors (Lipinski definition) is 7. The normalized spacial score (nSPS) is 11.9. The van der Waals surface area contributed by atoms with Gasteiger partial charge in [0.15, 0.2) is 11.5 Å². The highest BCUT2D eigenvalue weighted by atomic mass is 19.1. The van der Waals surface area contributed by atoms with Crippen LogP contribution in [0.5, 0.6) is 23.0 Å². The summed E-state index contributed by atoms with van der Waals surface area (Å²) in [4.78, 5) is 18.7. The summed E-state index contributed by atoms with van der Waals surface area (Å²) in [6, 6.07) is 14.5. The molecule has 0 spiro atoms. The van der Waals surface area contributed by atoms with Gasteiger partial charge in [-0.2, -0.15) is 0 Å². The third-order valence-electron chi connectivity index (χ3n) is 7.51. The summed E-state index contributed by atoms with van der Waals surface area (Å²) in [6.45, 7) is 2.39. The predicted molar refractivity (Wildman–Crippen MR) is 163 cm³/mol.